The van der Waals surface area contributed by atoms with Gasteiger partial charge in [0, 0.05) is 18.8 Å². The highest BCUT2D eigenvalue weighted by atomic mass is 32.1. The molecule has 1 N–H and O–H groups in total. The molecule has 122 valence electrons. The van der Waals surface area contributed by atoms with Gasteiger partial charge in [0.25, 0.3) is 0 Å². The van der Waals surface area contributed by atoms with Gasteiger partial charge in [-0.3, -0.25) is 9.78 Å². The van der Waals surface area contributed by atoms with E-state index < -0.39 is 0 Å². The fourth-order valence-corrected chi connectivity index (χ4v) is 3.22. The molecule has 0 saturated carbocycles. The molecular formula is C19H19N3OS. The highest BCUT2D eigenvalue weighted by molar-refractivity contribution is 7.13. The molecule has 0 atom stereocenters. The molecule has 24 heavy (non-hydrogen) atoms. The molecule has 0 bridgehead atoms. The molecule has 0 fully saturated rings. The number of aromatic nitrogens is 2. The van der Waals surface area contributed by atoms with Gasteiger partial charge in [0.05, 0.1) is 16.9 Å². The fourth-order valence-electron chi connectivity index (χ4n) is 2.45. The van der Waals surface area contributed by atoms with Crippen molar-refractivity contribution in [1.82, 2.24) is 9.97 Å². The normalized spacial score (nSPS) is 10.5. The van der Waals surface area contributed by atoms with Crippen molar-refractivity contribution in [2.75, 3.05) is 11.9 Å². The number of rotatable bonds is 7. The standard InChI is InChI=1S/C19H19N3OS/c1-2-14-3-5-15(6-4-14)11-17(23)12-21-19-18(24-13-22-19)16-7-9-20-10-8-16/h3-10,13,21H,2,11-12H2,1H3. The number of hydrogen-bond donors (Lipinski definition) is 1. The number of nitrogens with one attached hydrogen (secondary N) is 1. The van der Waals surface area contributed by atoms with E-state index in [1.165, 1.54) is 5.56 Å². The van der Waals surface area contributed by atoms with Crippen LogP contribution in [0.1, 0.15) is 18.1 Å². The zero-order valence-corrected chi connectivity index (χ0v) is 14.3. The number of carbonyl (C=O) groups is 1. The van der Waals surface area contributed by atoms with Crippen molar-refractivity contribution in [3.8, 4) is 10.4 Å². The van der Waals surface area contributed by atoms with Crippen LogP contribution in [0, 0.1) is 0 Å². The van der Waals surface area contributed by atoms with E-state index in [1.807, 2.05) is 24.3 Å². The van der Waals surface area contributed by atoms with Gasteiger partial charge in [-0.15, -0.1) is 11.3 Å². The molecule has 0 aliphatic heterocycles. The summed E-state index contributed by atoms with van der Waals surface area (Å²) >= 11 is 1.55. The number of ketones is 1. The molecule has 0 amide bonds. The lowest BCUT2D eigenvalue weighted by Gasteiger charge is -2.06. The second kappa shape index (κ2) is 7.84. The largest absolute Gasteiger partial charge is 0.362 e. The molecule has 0 spiro atoms. The summed E-state index contributed by atoms with van der Waals surface area (Å²) < 4.78 is 0. The molecule has 2 aromatic heterocycles. The maximum atomic E-state index is 12.2. The number of benzene rings is 1. The van der Waals surface area contributed by atoms with Gasteiger partial charge in [-0.05, 0) is 35.2 Å². The Morgan fingerprint density at radius 3 is 2.50 bits per heavy atom. The van der Waals surface area contributed by atoms with Crippen LogP contribution in [0.4, 0.5) is 5.82 Å². The third-order valence-electron chi connectivity index (χ3n) is 3.80. The van der Waals surface area contributed by atoms with Crippen molar-refractivity contribution in [2.45, 2.75) is 19.8 Å². The fraction of sp³-hybridized carbons (Fsp3) is 0.211. The van der Waals surface area contributed by atoms with Gasteiger partial charge in [-0.2, -0.15) is 0 Å². The predicted molar refractivity (Wildman–Crippen MR) is 98.4 cm³/mol. The first-order chi connectivity index (χ1) is 11.8. The van der Waals surface area contributed by atoms with Gasteiger partial charge in [-0.25, -0.2) is 4.98 Å². The number of aryl methyl sites for hydroxylation is 1. The van der Waals surface area contributed by atoms with Crippen LogP contribution < -0.4 is 5.32 Å². The van der Waals surface area contributed by atoms with Crippen molar-refractivity contribution in [1.29, 1.82) is 0 Å². The zero-order chi connectivity index (χ0) is 16.8. The topological polar surface area (TPSA) is 54.9 Å². The van der Waals surface area contributed by atoms with Gasteiger partial charge in [0.2, 0.25) is 0 Å². The molecule has 0 unspecified atom stereocenters. The maximum absolute atomic E-state index is 12.2. The number of anilines is 1. The van der Waals surface area contributed by atoms with Crippen LogP contribution in [0.15, 0.2) is 54.3 Å². The second-order valence-corrected chi connectivity index (χ2v) is 6.36. The molecule has 5 heteroatoms. The van der Waals surface area contributed by atoms with Crippen molar-refractivity contribution in [2.24, 2.45) is 0 Å². The average molecular weight is 337 g/mol. The molecule has 0 radical (unpaired) electrons. The summed E-state index contributed by atoms with van der Waals surface area (Å²) in [5, 5.41) is 3.16. The van der Waals surface area contributed by atoms with Gasteiger partial charge in [0.1, 0.15) is 5.82 Å². The second-order valence-electron chi connectivity index (χ2n) is 5.51. The van der Waals surface area contributed by atoms with Crippen molar-refractivity contribution in [3.63, 3.8) is 0 Å². The summed E-state index contributed by atoms with van der Waals surface area (Å²) in [6, 6.07) is 12.1. The number of Topliss-reactive ketones (excluding diaryl/α,β-unsaturated/α-hetero) is 1. The van der Waals surface area contributed by atoms with E-state index in [0.29, 0.717) is 6.42 Å². The number of hydrogen-bond acceptors (Lipinski definition) is 5. The summed E-state index contributed by atoms with van der Waals surface area (Å²) in [6.07, 6.45) is 4.96. The maximum Gasteiger partial charge on any atom is 0.156 e. The highest BCUT2D eigenvalue weighted by Gasteiger charge is 2.10. The van der Waals surface area contributed by atoms with E-state index in [2.05, 4.69) is 34.3 Å². The van der Waals surface area contributed by atoms with E-state index in [1.54, 1.807) is 29.2 Å². The first-order valence-corrected chi connectivity index (χ1v) is 8.81. The molecule has 0 aliphatic carbocycles. The van der Waals surface area contributed by atoms with Crippen molar-refractivity contribution in [3.05, 3.63) is 65.4 Å². The van der Waals surface area contributed by atoms with Gasteiger partial charge >= 0.3 is 0 Å². The number of nitrogens with zero attached hydrogens (tertiary/aromatic N) is 2. The Morgan fingerprint density at radius 1 is 1.08 bits per heavy atom. The molecule has 3 aromatic rings. The van der Waals surface area contributed by atoms with E-state index >= 15 is 0 Å². The quantitative estimate of drug-likeness (QED) is 0.708. The van der Waals surface area contributed by atoms with Crippen LogP contribution >= 0.6 is 11.3 Å². The zero-order valence-electron chi connectivity index (χ0n) is 13.5. The Morgan fingerprint density at radius 2 is 1.79 bits per heavy atom. The Hall–Kier alpha value is -2.53. The van der Waals surface area contributed by atoms with Crippen LogP contribution in [0.2, 0.25) is 0 Å². The number of pyridine rings is 1. The lowest BCUT2D eigenvalue weighted by Crippen LogP contribution is -2.16. The Kier molecular flexibility index (Phi) is 5.33. The number of carbonyl (C=O) groups excluding carboxylic acids is 1. The monoisotopic (exact) mass is 337 g/mol. The first kappa shape index (κ1) is 16.3. The van der Waals surface area contributed by atoms with E-state index in [-0.39, 0.29) is 12.3 Å². The van der Waals surface area contributed by atoms with Crippen LogP contribution in [0.25, 0.3) is 10.4 Å². The van der Waals surface area contributed by atoms with Crippen LogP contribution in [0.5, 0.6) is 0 Å². The lowest BCUT2D eigenvalue weighted by atomic mass is 10.1. The summed E-state index contributed by atoms with van der Waals surface area (Å²) in [6.45, 7) is 2.40. The van der Waals surface area contributed by atoms with Crippen molar-refractivity contribution >= 4 is 22.9 Å². The van der Waals surface area contributed by atoms with Gasteiger partial charge in [-0.1, -0.05) is 31.2 Å². The van der Waals surface area contributed by atoms with E-state index in [4.69, 9.17) is 0 Å². The predicted octanol–water partition coefficient (Wildman–Crippen LogP) is 3.99. The summed E-state index contributed by atoms with van der Waals surface area (Å²) in [4.78, 5) is 21.6. The molecular weight excluding hydrogens is 318 g/mol. The average Bonchev–Trinajstić information content (AvgIpc) is 3.10. The third-order valence-corrected chi connectivity index (χ3v) is 4.67. The van der Waals surface area contributed by atoms with E-state index in [9.17, 15) is 4.79 Å². The molecule has 0 saturated heterocycles. The van der Waals surface area contributed by atoms with Crippen molar-refractivity contribution < 1.29 is 4.79 Å². The third kappa shape index (κ3) is 4.06. The van der Waals surface area contributed by atoms with Crippen LogP contribution in [0.3, 0.4) is 0 Å². The minimum absolute atomic E-state index is 0.146. The van der Waals surface area contributed by atoms with E-state index in [0.717, 1.165) is 28.2 Å². The lowest BCUT2D eigenvalue weighted by molar-refractivity contribution is -0.116. The molecule has 4 nitrogen and oxygen atoms in total. The summed E-state index contributed by atoms with van der Waals surface area (Å²) in [5.74, 6) is 0.897. The Balaban J connectivity index is 1.60. The first-order valence-electron chi connectivity index (χ1n) is 7.93. The SMILES string of the molecule is CCc1ccc(CC(=O)CNc2ncsc2-c2ccncc2)cc1. The molecule has 2 heterocycles. The highest BCUT2D eigenvalue weighted by Crippen LogP contribution is 2.30. The van der Waals surface area contributed by atoms with Gasteiger partial charge < -0.3 is 5.32 Å². The summed E-state index contributed by atoms with van der Waals surface area (Å²) in [7, 11) is 0. The molecule has 3 rings (SSSR count). The Bertz CT molecular complexity index is 797. The van der Waals surface area contributed by atoms with Crippen LogP contribution in [-0.2, 0) is 17.6 Å². The number of thiazole rings is 1. The Labute approximate surface area is 145 Å². The molecule has 0 aliphatic rings. The van der Waals surface area contributed by atoms with Gasteiger partial charge in [0.15, 0.2) is 5.78 Å². The molecule has 1 aromatic carbocycles. The minimum atomic E-state index is 0.146. The smallest absolute Gasteiger partial charge is 0.156 e. The minimum Gasteiger partial charge on any atom is -0.362 e. The van der Waals surface area contributed by atoms with Crippen LogP contribution in [-0.4, -0.2) is 22.3 Å². The summed E-state index contributed by atoms with van der Waals surface area (Å²) in [5.41, 5.74) is 5.17.